The molecule has 1 radical (unpaired) electrons. The molecule has 0 aromatic rings. The minimum atomic E-state index is -4.40. The molecule has 0 aliphatic rings. The van der Waals surface area contributed by atoms with Crippen LogP contribution in [0.2, 0.25) is 0 Å². The van der Waals surface area contributed by atoms with Crippen molar-refractivity contribution in [3.63, 3.8) is 0 Å². The number of hydrogen-bond donors (Lipinski definition) is 0. The molecule has 0 bridgehead atoms. The van der Waals surface area contributed by atoms with Crippen LogP contribution >= 0.6 is 0 Å². The van der Waals surface area contributed by atoms with Crippen LogP contribution in [-0.2, 0) is 37.4 Å². The quantitative estimate of drug-likeness (QED) is 0.527. The fourth-order valence-electron chi connectivity index (χ4n) is 0.854. The average molecular weight is 359 g/mol. The van der Waals surface area contributed by atoms with Crippen LogP contribution in [0.3, 0.4) is 0 Å². The van der Waals surface area contributed by atoms with Crippen molar-refractivity contribution in [2.45, 2.75) is 38.0 Å². The summed E-state index contributed by atoms with van der Waals surface area (Å²) in [6, 6.07) is 0. The second-order valence-electron chi connectivity index (χ2n) is 3.33. The van der Waals surface area contributed by atoms with Gasteiger partial charge in [0.15, 0.2) is 5.92 Å². The maximum absolute atomic E-state index is 13.2. The van der Waals surface area contributed by atoms with Gasteiger partial charge in [-0.15, -0.1) is 0 Å². The monoisotopic (exact) mass is 359 g/mol. The van der Waals surface area contributed by atoms with Crippen molar-refractivity contribution in [3.8, 4) is 0 Å². The van der Waals surface area contributed by atoms with Gasteiger partial charge in [-0.2, -0.15) is 22.9 Å². The molecular weight excluding hydrogens is 346 g/mol. The van der Waals surface area contributed by atoms with Crippen molar-refractivity contribution >= 4 is 0 Å². The minimum absolute atomic E-state index is 0. The third-order valence-corrected chi connectivity index (χ3v) is 1.92. The molecule has 0 spiro atoms. The van der Waals surface area contributed by atoms with E-state index in [1.807, 2.05) is 0 Å². The van der Waals surface area contributed by atoms with E-state index < -0.39 is 30.3 Å². The van der Waals surface area contributed by atoms with Gasteiger partial charge in [0.25, 0.3) is 0 Å². The Morgan fingerprint density at radius 1 is 1.11 bits per heavy atom. The molecule has 1 atom stereocenters. The number of ether oxygens (including phenoxy) is 1. The van der Waals surface area contributed by atoms with E-state index in [2.05, 4.69) is 4.74 Å². The van der Waals surface area contributed by atoms with E-state index in [9.17, 15) is 30.7 Å². The molecule has 9 heteroatoms. The fraction of sp³-hybridized carbons (Fsp3) is 0.778. The summed E-state index contributed by atoms with van der Waals surface area (Å²) >= 11 is 0. The third-order valence-electron chi connectivity index (χ3n) is 1.92. The summed E-state index contributed by atoms with van der Waals surface area (Å²) in [6.45, 7) is 0.619. The molecule has 0 heterocycles. The molecule has 0 aliphatic carbocycles. The zero-order valence-electron chi connectivity index (χ0n) is 10.0. The predicted octanol–water partition coefficient (Wildman–Crippen LogP) is 4.25. The third kappa shape index (κ3) is 6.66. The molecule has 1 nitrogen and oxygen atoms in total. The van der Waals surface area contributed by atoms with E-state index in [4.69, 9.17) is 0 Å². The first-order valence-corrected chi connectivity index (χ1v) is 4.22. The van der Waals surface area contributed by atoms with Crippen molar-refractivity contribution in [1.29, 1.82) is 0 Å². The second kappa shape index (κ2) is 8.69. The normalized spacial score (nSPS) is 15.3. The first-order chi connectivity index (χ1) is 7.46. The fourth-order valence-corrected chi connectivity index (χ4v) is 0.854. The Bertz CT molecular complexity index is 221. The van der Waals surface area contributed by atoms with Crippen LogP contribution in [0, 0.1) is 13.3 Å². The largest absolute Gasteiger partial charge is 0.463 e. The van der Waals surface area contributed by atoms with Gasteiger partial charge in [0, 0.05) is 46.2 Å². The minimum Gasteiger partial charge on any atom is -0.463 e. The molecule has 18 heavy (non-hydrogen) atoms. The summed E-state index contributed by atoms with van der Waals surface area (Å²) in [5, 5.41) is 0. The Kier molecular flexibility index (Phi) is 11.4. The maximum Gasteiger partial charge on any atom is 0.389 e. The van der Waals surface area contributed by atoms with E-state index in [1.165, 1.54) is 0 Å². The van der Waals surface area contributed by atoms with Gasteiger partial charge in [-0.1, -0.05) is 6.17 Å². The Labute approximate surface area is 126 Å². The summed E-state index contributed by atoms with van der Waals surface area (Å²) < 4.78 is 88.8. The Morgan fingerprint density at radius 3 is 1.67 bits per heavy atom. The van der Waals surface area contributed by atoms with Gasteiger partial charge < -0.3 is 13.5 Å². The summed E-state index contributed by atoms with van der Waals surface area (Å²) in [7, 11) is 2.22. The van der Waals surface area contributed by atoms with Crippen molar-refractivity contribution < 1.29 is 68.2 Å². The molecule has 0 saturated carbocycles. The summed E-state index contributed by atoms with van der Waals surface area (Å²) in [5.74, 6) is -4.24. The van der Waals surface area contributed by atoms with Crippen molar-refractivity contribution in [2.75, 3.05) is 7.11 Å². The van der Waals surface area contributed by atoms with Crippen LogP contribution in [0.5, 0.6) is 0 Å². The van der Waals surface area contributed by atoms with Gasteiger partial charge in [-0.05, 0) is 6.92 Å². The van der Waals surface area contributed by atoms with Crippen LogP contribution in [0.15, 0.2) is 0 Å². The molecule has 1 unspecified atom stereocenters. The maximum atomic E-state index is 13.2. The Balaban J connectivity index is -0.000000709. The van der Waals surface area contributed by atoms with Crippen molar-refractivity contribution in [3.05, 3.63) is 13.3 Å². The molecule has 0 aromatic carbocycles. The number of methoxy groups -OCH3 is 1. The van der Waals surface area contributed by atoms with Gasteiger partial charge in [-0.25, -0.2) is 13.2 Å². The molecule has 0 aromatic heterocycles. The molecule has 0 amide bonds. The van der Waals surface area contributed by atoms with Crippen molar-refractivity contribution in [1.82, 2.24) is 0 Å². The Hall–Kier alpha value is 0.574. The first kappa shape index (κ1) is 23.7. The Morgan fingerprint density at radius 2 is 1.44 bits per heavy atom. The first-order valence-electron chi connectivity index (χ1n) is 4.22. The second-order valence-corrected chi connectivity index (χ2v) is 3.33. The zero-order chi connectivity index (χ0) is 14.5. The van der Waals surface area contributed by atoms with Crippen LogP contribution in [0.4, 0.5) is 30.7 Å². The van der Waals surface area contributed by atoms with Gasteiger partial charge in [0.2, 0.25) is 5.67 Å². The summed E-state index contributed by atoms with van der Waals surface area (Å²) in [5.41, 5.74) is -3.65. The number of hydrogen-bond acceptors (Lipinski definition) is 1. The van der Waals surface area contributed by atoms with Crippen LogP contribution in [0.1, 0.15) is 20.3 Å². The van der Waals surface area contributed by atoms with Gasteiger partial charge in [0.1, 0.15) is 0 Å². The van der Waals surface area contributed by atoms with Gasteiger partial charge >= 0.3 is 6.11 Å². The van der Waals surface area contributed by atoms with E-state index in [0.29, 0.717) is 14.0 Å². The van der Waals surface area contributed by atoms with E-state index in [-0.39, 0.29) is 39.6 Å². The van der Waals surface area contributed by atoms with Crippen LogP contribution in [-0.4, -0.2) is 24.8 Å². The molecule has 0 fully saturated rings. The summed E-state index contributed by atoms with van der Waals surface area (Å²) in [6.07, 6.45) is -8.30. The number of rotatable bonds is 5. The molecule has 0 aliphatic heterocycles. The van der Waals surface area contributed by atoms with E-state index >= 15 is 0 Å². The van der Waals surface area contributed by atoms with Crippen LogP contribution < -0.4 is 0 Å². The van der Waals surface area contributed by atoms with E-state index in [0.717, 1.165) is 0 Å². The molecule has 0 N–H and O–H groups in total. The SMILES string of the molecule is COC(F)(F)C(C)(F)CC(F)(F)[C-](C)F.[CH2-]F.[Y]. The van der Waals surface area contributed by atoms with Crippen LogP contribution in [0.25, 0.3) is 0 Å². The van der Waals surface area contributed by atoms with E-state index in [1.54, 1.807) is 7.18 Å². The topological polar surface area (TPSA) is 9.23 Å². The summed E-state index contributed by atoms with van der Waals surface area (Å²) in [4.78, 5) is 0. The standard InChI is InChI=1S/C8H11F6O.CH2F.Y/c1-5(9)7(11,12)4-6(2,10)8(13,14)15-3;1-2;/h4H2,1-3H3;1H2;/q2*-1;. The molecule has 0 rings (SSSR count). The number of halogens is 7. The van der Waals surface area contributed by atoms with Gasteiger partial charge in [0.05, 0.1) is 0 Å². The predicted molar refractivity (Wildman–Crippen MR) is 47.5 cm³/mol. The zero-order valence-corrected chi connectivity index (χ0v) is 12.9. The smallest absolute Gasteiger partial charge is 0.389 e. The average Bonchev–Trinajstić information content (AvgIpc) is 2.18. The molecular formula is C9H13F7OY-2. The molecule has 109 valence electrons. The number of alkyl halides is 5. The van der Waals surface area contributed by atoms with Gasteiger partial charge in [-0.3, -0.25) is 0 Å². The van der Waals surface area contributed by atoms with Crippen molar-refractivity contribution in [2.24, 2.45) is 0 Å². The molecule has 0 saturated heterocycles.